The highest BCUT2D eigenvalue weighted by molar-refractivity contribution is 5.83. The van der Waals surface area contributed by atoms with Crippen molar-refractivity contribution in [2.24, 2.45) is 0 Å². The number of halogens is 2. The summed E-state index contributed by atoms with van der Waals surface area (Å²) in [6.45, 7) is 2.97. The molecule has 7 heteroatoms. The quantitative estimate of drug-likeness (QED) is 0.0280. The lowest BCUT2D eigenvalue weighted by molar-refractivity contribution is -0.151. The topological polar surface area (TPSA) is 61.8 Å². The van der Waals surface area contributed by atoms with E-state index in [4.69, 9.17) is 14.2 Å². The first kappa shape index (κ1) is 46.5. The van der Waals surface area contributed by atoms with Crippen LogP contribution in [0.15, 0.2) is 103 Å². The summed E-state index contributed by atoms with van der Waals surface area (Å²) in [5.74, 6) is -1.95. The molecule has 4 aromatic carbocycles. The lowest BCUT2D eigenvalue weighted by Crippen LogP contribution is -2.38. The van der Waals surface area contributed by atoms with Crippen molar-refractivity contribution in [1.29, 1.82) is 0 Å². The number of carbonyl (C=O) groups excluding carboxylic acids is 2. The molecule has 0 amide bonds. The first-order valence-electron chi connectivity index (χ1n) is 21.9. The third-order valence-corrected chi connectivity index (χ3v) is 11.0. The number of hydrogen-bond donors (Lipinski definition) is 0. The second-order valence-electron chi connectivity index (χ2n) is 15.6. The van der Waals surface area contributed by atoms with E-state index in [2.05, 4.69) is 24.3 Å². The molecule has 5 nitrogen and oxygen atoms in total. The van der Waals surface area contributed by atoms with Gasteiger partial charge in [-0.15, -0.1) is 0 Å². The Morgan fingerprint density at radius 3 is 1.53 bits per heavy atom. The molecule has 0 bridgehead atoms. The van der Waals surface area contributed by atoms with Gasteiger partial charge in [0.1, 0.15) is 6.29 Å². The standard InChI is InChI=1S/C51H66F2O5/c52-48-30-24-29-47(49(48)53)45-31-33-46(34-32-45)51(35-18-6-10-21-38-56-41-43-25-14-12-15-26-43,36-19-7-11-22-39-57-42-44-27-16-13-17-28-44)50(55)58-40-23-9-5-3-1-2-4-8-20-37-54/h12-17,24-34,37H,1-11,18-23,35-36,38-42H2. The van der Waals surface area contributed by atoms with E-state index >= 15 is 0 Å². The van der Waals surface area contributed by atoms with Gasteiger partial charge in [0.25, 0.3) is 0 Å². The highest BCUT2D eigenvalue weighted by Gasteiger charge is 2.40. The van der Waals surface area contributed by atoms with Crippen LogP contribution < -0.4 is 0 Å². The third kappa shape index (κ3) is 17.0. The first-order valence-corrected chi connectivity index (χ1v) is 21.9. The largest absolute Gasteiger partial charge is 0.465 e. The van der Waals surface area contributed by atoms with Crippen molar-refractivity contribution < 1.29 is 32.6 Å². The van der Waals surface area contributed by atoms with Gasteiger partial charge in [-0.05, 0) is 66.8 Å². The van der Waals surface area contributed by atoms with Gasteiger partial charge in [0, 0.05) is 25.2 Å². The van der Waals surface area contributed by atoms with Crippen LogP contribution in [-0.2, 0) is 42.4 Å². The van der Waals surface area contributed by atoms with Crippen LogP contribution >= 0.6 is 0 Å². The van der Waals surface area contributed by atoms with E-state index in [9.17, 15) is 18.4 Å². The molecule has 0 saturated heterocycles. The van der Waals surface area contributed by atoms with E-state index in [-0.39, 0.29) is 11.5 Å². The van der Waals surface area contributed by atoms with Crippen LogP contribution in [0.2, 0.25) is 0 Å². The molecule has 0 spiro atoms. The Hall–Kier alpha value is -4.20. The van der Waals surface area contributed by atoms with E-state index in [1.54, 1.807) is 6.07 Å². The van der Waals surface area contributed by atoms with Crippen LogP contribution in [0.1, 0.15) is 139 Å². The Morgan fingerprint density at radius 2 is 1.00 bits per heavy atom. The van der Waals surface area contributed by atoms with Gasteiger partial charge in [-0.3, -0.25) is 4.79 Å². The van der Waals surface area contributed by atoms with Crippen molar-refractivity contribution in [3.05, 3.63) is 131 Å². The molecule has 0 saturated carbocycles. The van der Waals surface area contributed by atoms with E-state index in [0.29, 0.717) is 57.9 Å². The Morgan fingerprint density at radius 1 is 0.517 bits per heavy atom. The fourth-order valence-electron chi connectivity index (χ4n) is 7.62. The fraction of sp³-hybridized carbons (Fsp3) is 0.490. The van der Waals surface area contributed by atoms with Gasteiger partial charge in [-0.25, -0.2) is 8.78 Å². The average molecular weight is 797 g/mol. The molecule has 314 valence electrons. The maximum atomic E-state index is 14.8. The number of hydrogen-bond acceptors (Lipinski definition) is 5. The van der Waals surface area contributed by atoms with E-state index in [1.165, 1.54) is 17.2 Å². The van der Waals surface area contributed by atoms with Crippen molar-refractivity contribution in [1.82, 2.24) is 0 Å². The lowest BCUT2D eigenvalue weighted by atomic mass is 9.72. The number of aldehydes is 1. The second-order valence-corrected chi connectivity index (χ2v) is 15.6. The minimum Gasteiger partial charge on any atom is -0.465 e. The molecule has 0 aliphatic heterocycles. The van der Waals surface area contributed by atoms with Crippen LogP contribution in [0.3, 0.4) is 0 Å². The molecule has 0 aromatic heterocycles. The number of carbonyl (C=O) groups is 2. The summed E-state index contributed by atoms with van der Waals surface area (Å²) >= 11 is 0. The number of benzene rings is 4. The summed E-state index contributed by atoms with van der Waals surface area (Å²) in [7, 11) is 0. The first-order chi connectivity index (χ1) is 28.5. The molecule has 0 radical (unpaired) electrons. The lowest BCUT2D eigenvalue weighted by Gasteiger charge is -2.33. The summed E-state index contributed by atoms with van der Waals surface area (Å²) in [6, 6.07) is 32.1. The van der Waals surface area contributed by atoms with Crippen LogP contribution in [0.4, 0.5) is 8.78 Å². The Bertz CT molecular complexity index is 1620. The van der Waals surface area contributed by atoms with Gasteiger partial charge >= 0.3 is 5.97 Å². The summed E-state index contributed by atoms with van der Waals surface area (Å²) in [4.78, 5) is 25.0. The van der Waals surface area contributed by atoms with Crippen molar-refractivity contribution in [3.63, 3.8) is 0 Å². The van der Waals surface area contributed by atoms with Crippen LogP contribution in [0.5, 0.6) is 0 Å². The summed E-state index contributed by atoms with van der Waals surface area (Å²) in [5.41, 5.74) is 3.11. The van der Waals surface area contributed by atoms with Gasteiger partial charge in [-0.2, -0.15) is 0 Å². The maximum Gasteiger partial charge on any atom is 0.316 e. The monoisotopic (exact) mass is 796 g/mol. The molecular formula is C51H66F2O5. The highest BCUT2D eigenvalue weighted by Crippen LogP contribution is 2.39. The molecular weight excluding hydrogens is 731 g/mol. The van der Waals surface area contributed by atoms with Crippen LogP contribution in [0.25, 0.3) is 11.1 Å². The zero-order chi connectivity index (χ0) is 40.9. The molecule has 0 fully saturated rings. The highest BCUT2D eigenvalue weighted by atomic mass is 19.2. The maximum absolute atomic E-state index is 14.8. The van der Waals surface area contributed by atoms with Crippen LogP contribution in [-0.4, -0.2) is 32.1 Å². The van der Waals surface area contributed by atoms with Gasteiger partial charge in [-0.1, -0.05) is 174 Å². The molecule has 0 aliphatic carbocycles. The predicted molar refractivity (Wildman–Crippen MR) is 230 cm³/mol. The molecule has 0 N–H and O–H groups in total. The predicted octanol–water partition coefficient (Wildman–Crippen LogP) is 13.5. The zero-order valence-electron chi connectivity index (χ0n) is 34.7. The fourth-order valence-corrected chi connectivity index (χ4v) is 7.62. The van der Waals surface area contributed by atoms with Crippen LogP contribution in [0, 0.1) is 11.6 Å². The smallest absolute Gasteiger partial charge is 0.316 e. The van der Waals surface area contributed by atoms with Gasteiger partial charge < -0.3 is 19.0 Å². The minimum absolute atomic E-state index is 0.190. The van der Waals surface area contributed by atoms with Gasteiger partial charge in [0.15, 0.2) is 11.6 Å². The van der Waals surface area contributed by atoms with Crippen molar-refractivity contribution in [2.45, 2.75) is 141 Å². The average Bonchev–Trinajstić information content (AvgIpc) is 3.25. The van der Waals surface area contributed by atoms with Crippen molar-refractivity contribution >= 4 is 12.3 Å². The Kier molecular flexibility index (Phi) is 22.7. The van der Waals surface area contributed by atoms with E-state index in [0.717, 1.165) is 121 Å². The SMILES string of the molecule is O=CCCCCCCCCCCOC(=O)C(CCCCCCOCc1ccccc1)(CCCCCCOCc1ccccc1)c1ccc(-c2cccc(F)c2F)cc1. The number of unbranched alkanes of at least 4 members (excludes halogenated alkanes) is 14. The molecule has 0 atom stereocenters. The molecule has 4 rings (SSSR count). The Labute approximate surface area is 346 Å². The van der Waals surface area contributed by atoms with E-state index < -0.39 is 17.0 Å². The van der Waals surface area contributed by atoms with Crippen molar-refractivity contribution in [2.75, 3.05) is 19.8 Å². The Balaban J connectivity index is 1.39. The number of rotatable bonds is 32. The molecule has 0 heterocycles. The molecule has 0 aliphatic rings. The number of esters is 1. The van der Waals surface area contributed by atoms with Gasteiger partial charge in [0.2, 0.25) is 0 Å². The van der Waals surface area contributed by atoms with Gasteiger partial charge in [0.05, 0.1) is 25.2 Å². The minimum atomic E-state index is -0.884. The number of ether oxygens (including phenoxy) is 3. The normalized spacial score (nSPS) is 11.5. The van der Waals surface area contributed by atoms with E-state index in [1.807, 2.05) is 60.7 Å². The second kappa shape index (κ2) is 28.3. The van der Waals surface area contributed by atoms with Crippen molar-refractivity contribution in [3.8, 4) is 11.1 Å². The summed E-state index contributed by atoms with van der Waals surface area (Å²) in [6.07, 6.45) is 18.9. The molecule has 58 heavy (non-hydrogen) atoms. The third-order valence-electron chi connectivity index (χ3n) is 11.0. The molecule has 0 unspecified atom stereocenters. The molecule has 4 aromatic rings. The summed E-state index contributed by atoms with van der Waals surface area (Å²) < 4.78 is 47.0. The summed E-state index contributed by atoms with van der Waals surface area (Å²) in [5, 5.41) is 0. The zero-order valence-corrected chi connectivity index (χ0v) is 34.7.